The van der Waals surface area contributed by atoms with Crippen molar-refractivity contribution in [2.45, 2.75) is 127 Å². The van der Waals surface area contributed by atoms with Gasteiger partial charge < -0.3 is 70.2 Å². The molecule has 0 aromatic heterocycles. The largest absolute Gasteiger partial charge is 0.480 e. The number of nitrogens with zero attached hydrogens (tertiary/aromatic N) is 3. The Morgan fingerprint density at radius 2 is 1.36 bits per heavy atom. The van der Waals surface area contributed by atoms with E-state index in [9.17, 15) is 48.3 Å². The summed E-state index contributed by atoms with van der Waals surface area (Å²) in [4.78, 5) is 123. The summed E-state index contributed by atoms with van der Waals surface area (Å²) in [6.07, 6.45) is 2.76. The third kappa shape index (κ3) is 17.0. The van der Waals surface area contributed by atoms with Gasteiger partial charge in [-0.3, -0.25) is 43.3 Å². The van der Waals surface area contributed by atoms with Gasteiger partial charge >= 0.3 is 5.97 Å². The van der Waals surface area contributed by atoms with Crippen LogP contribution < -0.4 is 55.3 Å². The van der Waals surface area contributed by atoms with Crippen molar-refractivity contribution in [1.29, 1.82) is 0 Å². The first-order valence-electron chi connectivity index (χ1n) is 20.5. The molecular weight excluding hydrogens is 819 g/mol. The number of likely N-dealkylation sites (tertiary alicyclic amines) is 2. The monoisotopic (exact) mass is 883 g/mol. The number of carboxylic acid groups (broad SMARTS) is 1. The molecule has 16 N–H and O–H groups in total. The Bertz CT molecular complexity index is 1600. The van der Waals surface area contributed by atoms with E-state index in [1.165, 1.54) is 9.80 Å². The molecule has 2 aliphatic heterocycles. The molecule has 61 heavy (non-hydrogen) atoms. The van der Waals surface area contributed by atoms with Crippen molar-refractivity contribution < 1.29 is 48.3 Å². The Morgan fingerprint density at radius 3 is 1.93 bits per heavy atom. The number of rotatable bonds is 26. The highest BCUT2D eigenvalue weighted by Gasteiger charge is 2.40. The van der Waals surface area contributed by atoms with Gasteiger partial charge in [-0.2, -0.15) is 12.6 Å². The van der Waals surface area contributed by atoms with Crippen molar-refractivity contribution in [3.63, 3.8) is 0 Å². The maximum absolute atomic E-state index is 13.9. The quantitative estimate of drug-likeness (QED) is 0.0169. The summed E-state index contributed by atoms with van der Waals surface area (Å²) in [5, 5.41) is 22.4. The Balaban J connectivity index is 2.16. The molecule has 2 fully saturated rings. The number of aliphatic carboxylic acids is 1. The maximum Gasteiger partial charge on any atom is 0.326 e. The molecule has 8 amide bonds. The second-order valence-corrected chi connectivity index (χ2v) is 15.8. The van der Waals surface area contributed by atoms with Gasteiger partial charge in [-0.15, -0.1) is 0 Å². The number of nitrogens with one attached hydrogen (secondary N) is 5. The lowest BCUT2D eigenvalue weighted by Crippen LogP contribution is -2.59. The fourth-order valence-electron chi connectivity index (χ4n) is 6.96. The van der Waals surface area contributed by atoms with E-state index < -0.39 is 108 Å². The van der Waals surface area contributed by atoms with Crippen LogP contribution in [0.1, 0.15) is 84.5 Å². The predicted octanol–water partition coefficient (Wildman–Crippen LogP) is -4.53. The number of amides is 8. The number of carbonyl (C=O) groups excluding carboxylic acids is 8. The standard InChI is InChI=1S/C37H65N13O10S/c1-20(2)29(35(58)50-17-7-11-26(50)36(59)60)48-28(52)18-44-31(54)24(19-61)47-32(55)22(9-5-15-43-37(41)42)45-33(56)25-10-6-16-49(25)34(57)23(8-3-4-14-38)46-30(53)21(39)12-13-27(40)51/h20-26,29,61H,3-19,38-39H2,1-2H3,(H2,40,51)(H,44,54)(H,45,56)(H,46,53)(H,47,55)(H,48,52)(H,59,60)(H4,41,42,43)/t21-,22-,23-,24-,25-,26-,29-/m0/s1. The number of thiol groups is 1. The third-order valence-electron chi connectivity index (χ3n) is 10.3. The second kappa shape index (κ2) is 26.2. The van der Waals surface area contributed by atoms with Crippen LogP contribution in [-0.2, 0) is 43.2 Å². The van der Waals surface area contributed by atoms with Crippen LogP contribution in [0, 0.1) is 5.92 Å². The number of guanidine groups is 1. The molecule has 0 saturated carbocycles. The molecule has 0 aromatic carbocycles. The van der Waals surface area contributed by atoms with Crippen molar-refractivity contribution >= 4 is 71.8 Å². The summed E-state index contributed by atoms with van der Waals surface area (Å²) >= 11 is 4.20. The van der Waals surface area contributed by atoms with E-state index in [1.807, 2.05) is 0 Å². The molecule has 0 bridgehead atoms. The fraction of sp³-hybridized carbons (Fsp3) is 0.730. The van der Waals surface area contributed by atoms with Crippen LogP contribution in [0.5, 0.6) is 0 Å². The van der Waals surface area contributed by atoms with E-state index in [0.29, 0.717) is 38.6 Å². The molecule has 2 rings (SSSR count). The minimum Gasteiger partial charge on any atom is -0.480 e. The summed E-state index contributed by atoms with van der Waals surface area (Å²) in [5.74, 6) is -7.34. The predicted molar refractivity (Wildman–Crippen MR) is 226 cm³/mol. The summed E-state index contributed by atoms with van der Waals surface area (Å²) in [7, 11) is 0. The van der Waals surface area contributed by atoms with Crippen LogP contribution in [0.15, 0.2) is 4.99 Å². The smallest absolute Gasteiger partial charge is 0.326 e. The number of nitrogens with two attached hydrogens (primary N) is 5. The molecule has 7 atom stereocenters. The number of carboxylic acids is 1. The molecule has 23 nitrogen and oxygen atoms in total. The highest BCUT2D eigenvalue weighted by Crippen LogP contribution is 2.22. The van der Waals surface area contributed by atoms with Gasteiger partial charge in [0.25, 0.3) is 0 Å². The van der Waals surface area contributed by atoms with E-state index in [0.717, 1.165) is 0 Å². The summed E-state index contributed by atoms with van der Waals surface area (Å²) in [6, 6.07) is -7.80. The zero-order chi connectivity index (χ0) is 45.8. The normalized spacial score (nSPS) is 18.5. The molecule has 24 heteroatoms. The number of carbonyl (C=O) groups is 9. The number of aliphatic imine (C=N–C) groups is 1. The Hall–Kier alpha value is -5.23. The van der Waals surface area contributed by atoms with Crippen LogP contribution in [0.25, 0.3) is 0 Å². The van der Waals surface area contributed by atoms with Crippen LogP contribution in [0.4, 0.5) is 0 Å². The lowest BCUT2D eigenvalue weighted by molar-refractivity contribution is -0.150. The molecule has 0 aliphatic carbocycles. The van der Waals surface area contributed by atoms with Gasteiger partial charge in [0.05, 0.1) is 12.6 Å². The van der Waals surface area contributed by atoms with Gasteiger partial charge in [-0.1, -0.05) is 13.8 Å². The van der Waals surface area contributed by atoms with E-state index in [4.69, 9.17) is 28.7 Å². The van der Waals surface area contributed by atoms with Gasteiger partial charge in [-0.25, -0.2) is 4.79 Å². The Morgan fingerprint density at radius 1 is 0.754 bits per heavy atom. The lowest BCUT2D eigenvalue weighted by Gasteiger charge is -2.30. The van der Waals surface area contributed by atoms with Crippen LogP contribution in [0.2, 0.25) is 0 Å². The minimum atomic E-state index is -1.29. The first kappa shape index (κ1) is 51.9. The van der Waals surface area contributed by atoms with Gasteiger partial charge in [0.2, 0.25) is 47.3 Å². The second-order valence-electron chi connectivity index (χ2n) is 15.4. The van der Waals surface area contributed by atoms with Crippen molar-refractivity contribution in [3.05, 3.63) is 0 Å². The Kier molecular flexibility index (Phi) is 22.3. The van der Waals surface area contributed by atoms with Crippen LogP contribution >= 0.6 is 12.6 Å². The molecule has 0 radical (unpaired) electrons. The maximum atomic E-state index is 13.9. The summed E-state index contributed by atoms with van der Waals surface area (Å²) in [5.41, 5.74) is 27.7. The highest BCUT2D eigenvalue weighted by atomic mass is 32.1. The topological polar surface area (TPSA) is 383 Å². The lowest BCUT2D eigenvalue weighted by atomic mass is 10.0. The van der Waals surface area contributed by atoms with Gasteiger partial charge in [0.15, 0.2) is 5.96 Å². The van der Waals surface area contributed by atoms with E-state index in [2.05, 4.69) is 44.2 Å². The number of unbranched alkanes of at least 4 members (excludes halogenated alkanes) is 1. The van der Waals surface area contributed by atoms with Crippen molar-refractivity contribution in [3.8, 4) is 0 Å². The van der Waals surface area contributed by atoms with Crippen LogP contribution in [0.3, 0.4) is 0 Å². The number of hydrogen-bond donors (Lipinski definition) is 12. The first-order valence-corrected chi connectivity index (χ1v) is 21.2. The average molecular weight is 884 g/mol. The zero-order valence-electron chi connectivity index (χ0n) is 34.9. The number of primary amides is 1. The van der Waals surface area contributed by atoms with E-state index in [-0.39, 0.29) is 69.9 Å². The van der Waals surface area contributed by atoms with Crippen LogP contribution in [-0.4, -0.2) is 155 Å². The van der Waals surface area contributed by atoms with Crippen molar-refractivity contribution in [2.75, 3.05) is 38.5 Å². The zero-order valence-corrected chi connectivity index (χ0v) is 35.8. The first-order chi connectivity index (χ1) is 28.8. The van der Waals surface area contributed by atoms with Gasteiger partial charge in [0.1, 0.15) is 36.3 Å². The average Bonchev–Trinajstić information content (AvgIpc) is 3.91. The minimum absolute atomic E-state index is 0.00364. The molecule has 2 aliphatic rings. The fourth-order valence-corrected chi connectivity index (χ4v) is 7.22. The molecule has 0 unspecified atom stereocenters. The molecule has 0 spiro atoms. The highest BCUT2D eigenvalue weighted by molar-refractivity contribution is 7.80. The molecule has 2 saturated heterocycles. The molecule has 2 heterocycles. The summed E-state index contributed by atoms with van der Waals surface area (Å²) in [6.45, 7) is 3.63. The Labute approximate surface area is 360 Å². The van der Waals surface area contributed by atoms with Crippen molar-refractivity contribution in [2.24, 2.45) is 39.6 Å². The van der Waals surface area contributed by atoms with Crippen molar-refractivity contribution in [1.82, 2.24) is 36.4 Å². The van der Waals surface area contributed by atoms with Gasteiger partial charge in [-0.05, 0) is 76.7 Å². The van der Waals surface area contributed by atoms with Gasteiger partial charge in [0, 0.05) is 31.8 Å². The SMILES string of the molecule is CC(C)[C@H](NC(=O)CNC(=O)[C@H](CS)NC(=O)[C@H](CCCN=C(N)N)NC(=O)[C@@H]1CCCN1C(=O)[C@H](CCCCN)NC(=O)[C@@H](N)CCC(N)=O)C(=O)N1CCC[C@H]1C(=O)O. The molecule has 344 valence electrons. The van der Waals surface area contributed by atoms with E-state index in [1.54, 1.807) is 13.8 Å². The van der Waals surface area contributed by atoms with E-state index >= 15 is 0 Å². The third-order valence-corrected chi connectivity index (χ3v) is 10.7. The molecular formula is C37H65N13O10S. The number of hydrogen-bond acceptors (Lipinski definition) is 13. The summed E-state index contributed by atoms with van der Waals surface area (Å²) < 4.78 is 0. The molecule has 0 aromatic rings.